The lowest BCUT2D eigenvalue weighted by Crippen LogP contribution is -1.83. The van der Waals surface area contributed by atoms with Gasteiger partial charge < -0.3 is 4.42 Å². The van der Waals surface area contributed by atoms with Gasteiger partial charge in [-0.1, -0.05) is 23.2 Å². The minimum absolute atomic E-state index is 0.0571. The smallest absolute Gasteiger partial charge is 0.289 e. The van der Waals surface area contributed by atoms with Crippen molar-refractivity contribution in [3.63, 3.8) is 0 Å². The molecule has 0 aliphatic heterocycles. The average Bonchev–Trinajstić information content (AvgIpc) is 2.14. The van der Waals surface area contributed by atoms with Crippen LogP contribution in [0.4, 0.5) is 0 Å². The molecule has 0 atom stereocenters. The first-order chi connectivity index (χ1) is 4.63. The van der Waals surface area contributed by atoms with E-state index in [1.165, 1.54) is 0 Å². The van der Waals surface area contributed by atoms with Gasteiger partial charge in [0.15, 0.2) is 0 Å². The lowest BCUT2D eigenvalue weighted by Gasteiger charge is -1.83. The summed E-state index contributed by atoms with van der Waals surface area (Å²) in [6.45, 7) is 0. The van der Waals surface area contributed by atoms with Crippen molar-refractivity contribution in [2.24, 2.45) is 0 Å². The highest BCUT2D eigenvalue weighted by Gasteiger charge is 2.14. The Morgan fingerprint density at radius 1 is 1.50 bits per heavy atom. The Bertz CT molecular complexity index is 266. The summed E-state index contributed by atoms with van der Waals surface area (Å²) in [7, 11) is 0. The number of hydrogen-bond acceptors (Lipinski definition) is 2. The van der Waals surface area contributed by atoms with E-state index in [0.717, 1.165) is 6.26 Å². The summed E-state index contributed by atoms with van der Waals surface area (Å²) in [4.78, 5) is 10.4. The summed E-state index contributed by atoms with van der Waals surface area (Å²) in [5.41, 5.74) is 0. The van der Waals surface area contributed by atoms with Crippen LogP contribution in [0.5, 0.6) is 0 Å². The van der Waals surface area contributed by atoms with Crippen molar-refractivity contribution in [2.45, 2.75) is 0 Å². The van der Waals surface area contributed by atoms with Crippen molar-refractivity contribution < 1.29 is 9.21 Å². The maximum absolute atomic E-state index is 10.4. The molecule has 1 rings (SSSR count). The van der Waals surface area contributed by atoms with Gasteiger partial charge >= 0.3 is 0 Å². The fraction of sp³-hybridized carbons (Fsp3) is 0. The standard InChI is InChI=1S/C5HCl3O2/c6-2-1-10-4(3(2)7)5(8)9/h1H. The zero-order valence-electron chi connectivity index (χ0n) is 4.53. The van der Waals surface area contributed by atoms with Gasteiger partial charge in [0, 0.05) is 0 Å². The van der Waals surface area contributed by atoms with Crippen LogP contribution in [-0.4, -0.2) is 5.24 Å². The van der Waals surface area contributed by atoms with Crippen LogP contribution in [0.2, 0.25) is 10.0 Å². The largest absolute Gasteiger partial charge is 0.457 e. The van der Waals surface area contributed by atoms with Crippen molar-refractivity contribution >= 4 is 40.0 Å². The van der Waals surface area contributed by atoms with Crippen molar-refractivity contribution in [3.8, 4) is 0 Å². The molecule has 0 aliphatic rings. The first-order valence-corrected chi connectivity index (χ1v) is 3.38. The normalized spacial score (nSPS) is 9.90. The van der Waals surface area contributed by atoms with Gasteiger partial charge in [0.25, 0.3) is 5.24 Å². The monoisotopic (exact) mass is 198 g/mol. The number of carbonyl (C=O) groups excluding carboxylic acids is 1. The summed E-state index contributed by atoms with van der Waals surface area (Å²) in [6, 6.07) is 0. The number of carbonyl (C=O) groups is 1. The van der Waals surface area contributed by atoms with Gasteiger partial charge in [-0.3, -0.25) is 4.79 Å². The van der Waals surface area contributed by atoms with Gasteiger partial charge in [0.05, 0.1) is 5.02 Å². The second-order valence-electron chi connectivity index (χ2n) is 1.50. The molecule has 0 radical (unpaired) electrons. The zero-order valence-corrected chi connectivity index (χ0v) is 6.80. The molecular weight excluding hydrogens is 198 g/mol. The highest BCUT2D eigenvalue weighted by atomic mass is 35.5. The highest BCUT2D eigenvalue weighted by Crippen LogP contribution is 2.28. The molecule has 0 fully saturated rings. The highest BCUT2D eigenvalue weighted by molar-refractivity contribution is 6.68. The maximum Gasteiger partial charge on any atom is 0.289 e. The van der Waals surface area contributed by atoms with Crippen LogP contribution in [0.15, 0.2) is 10.7 Å². The van der Waals surface area contributed by atoms with Gasteiger partial charge in [-0.2, -0.15) is 0 Å². The van der Waals surface area contributed by atoms with E-state index >= 15 is 0 Å². The molecule has 0 spiro atoms. The Morgan fingerprint density at radius 3 is 2.30 bits per heavy atom. The quantitative estimate of drug-likeness (QED) is 0.651. The Balaban J connectivity index is 3.17. The molecule has 10 heavy (non-hydrogen) atoms. The molecule has 0 amide bonds. The van der Waals surface area contributed by atoms with E-state index < -0.39 is 5.24 Å². The van der Waals surface area contributed by atoms with Crippen molar-refractivity contribution in [2.75, 3.05) is 0 Å². The number of hydrogen-bond donors (Lipinski definition) is 0. The Hall–Kier alpha value is -0.180. The summed E-state index contributed by atoms with van der Waals surface area (Å²) in [5.74, 6) is -0.117. The zero-order chi connectivity index (χ0) is 7.72. The predicted octanol–water partition coefficient (Wildman–Crippen LogP) is 2.97. The Kier molecular flexibility index (Phi) is 2.24. The van der Waals surface area contributed by atoms with Crippen LogP contribution in [0.3, 0.4) is 0 Å². The fourth-order valence-electron chi connectivity index (χ4n) is 0.455. The lowest BCUT2D eigenvalue weighted by atomic mass is 10.5. The molecule has 0 unspecified atom stereocenters. The molecule has 1 aromatic rings. The van der Waals surface area contributed by atoms with Gasteiger partial charge in [0.2, 0.25) is 5.76 Å². The Labute approximate surface area is 71.7 Å². The third kappa shape index (κ3) is 1.29. The number of rotatable bonds is 1. The van der Waals surface area contributed by atoms with Crippen molar-refractivity contribution in [1.82, 2.24) is 0 Å². The van der Waals surface area contributed by atoms with Crippen LogP contribution in [-0.2, 0) is 0 Å². The minimum atomic E-state index is -0.753. The van der Waals surface area contributed by atoms with E-state index in [4.69, 9.17) is 34.8 Å². The molecule has 0 aliphatic carbocycles. The third-order valence-electron chi connectivity index (χ3n) is 0.868. The van der Waals surface area contributed by atoms with Gasteiger partial charge in [-0.15, -0.1) is 0 Å². The van der Waals surface area contributed by atoms with Crippen LogP contribution in [0, 0.1) is 0 Å². The minimum Gasteiger partial charge on any atom is -0.457 e. The second-order valence-corrected chi connectivity index (χ2v) is 2.63. The number of furan rings is 1. The SMILES string of the molecule is O=C(Cl)c1occ(Cl)c1Cl. The molecule has 0 saturated carbocycles. The van der Waals surface area contributed by atoms with E-state index in [1.54, 1.807) is 0 Å². The molecule has 1 heterocycles. The van der Waals surface area contributed by atoms with Crippen LogP contribution < -0.4 is 0 Å². The summed E-state index contributed by atoms with van der Waals surface area (Å²) >= 11 is 16.0. The van der Waals surface area contributed by atoms with E-state index in [1.807, 2.05) is 0 Å². The Morgan fingerprint density at radius 2 is 2.10 bits per heavy atom. The van der Waals surface area contributed by atoms with E-state index in [0.29, 0.717) is 0 Å². The molecule has 0 N–H and O–H groups in total. The second kappa shape index (κ2) is 2.82. The first kappa shape index (κ1) is 7.92. The van der Waals surface area contributed by atoms with Gasteiger partial charge in [-0.25, -0.2) is 0 Å². The van der Waals surface area contributed by atoms with Crippen molar-refractivity contribution in [1.29, 1.82) is 0 Å². The van der Waals surface area contributed by atoms with Crippen molar-refractivity contribution in [3.05, 3.63) is 22.1 Å². The molecule has 0 bridgehead atoms. The third-order valence-corrected chi connectivity index (χ3v) is 1.79. The van der Waals surface area contributed by atoms with Crippen LogP contribution >= 0.6 is 34.8 Å². The molecule has 54 valence electrons. The van der Waals surface area contributed by atoms with E-state index in [-0.39, 0.29) is 15.8 Å². The molecule has 2 nitrogen and oxygen atoms in total. The van der Waals surface area contributed by atoms with E-state index in [9.17, 15) is 4.79 Å². The molecule has 0 saturated heterocycles. The van der Waals surface area contributed by atoms with E-state index in [2.05, 4.69) is 4.42 Å². The summed E-state index contributed by atoms with van der Waals surface area (Å²) in [5, 5.41) is -0.510. The van der Waals surface area contributed by atoms with Gasteiger partial charge in [-0.05, 0) is 11.6 Å². The average molecular weight is 199 g/mol. The lowest BCUT2D eigenvalue weighted by molar-refractivity contribution is 0.105. The molecule has 0 aromatic carbocycles. The van der Waals surface area contributed by atoms with Crippen LogP contribution in [0.1, 0.15) is 10.6 Å². The summed E-state index contributed by atoms with van der Waals surface area (Å²) in [6.07, 6.45) is 1.15. The predicted molar refractivity (Wildman–Crippen MR) is 38.9 cm³/mol. The fourth-order valence-corrected chi connectivity index (χ4v) is 0.948. The topological polar surface area (TPSA) is 30.2 Å². The van der Waals surface area contributed by atoms with Crippen LogP contribution in [0.25, 0.3) is 0 Å². The molecule has 5 heteroatoms. The maximum atomic E-state index is 10.4. The molecule has 1 aromatic heterocycles. The number of halogens is 3. The first-order valence-electron chi connectivity index (χ1n) is 2.25. The summed E-state index contributed by atoms with van der Waals surface area (Å²) < 4.78 is 4.61. The van der Waals surface area contributed by atoms with Gasteiger partial charge in [0.1, 0.15) is 11.3 Å². The molecular formula is C5HCl3O2.